The number of nitrogens with one attached hydrogen (secondary N) is 2. The number of amides is 2. The number of fused-ring (bicyclic) bond motifs is 2. The van der Waals surface area contributed by atoms with Gasteiger partial charge in [0.05, 0.1) is 16.7 Å². The van der Waals surface area contributed by atoms with Crippen molar-refractivity contribution >= 4 is 68.1 Å². The smallest absolute Gasteiger partial charge is 0.323 e. The molecule has 4 aromatic rings. The fourth-order valence-electron chi connectivity index (χ4n) is 3.80. The number of urea groups is 1. The number of aryl methyl sites for hydroxylation is 1. The summed E-state index contributed by atoms with van der Waals surface area (Å²) in [6.07, 6.45) is 0. The van der Waals surface area contributed by atoms with Crippen molar-refractivity contribution in [3.05, 3.63) is 72.3 Å². The van der Waals surface area contributed by atoms with Gasteiger partial charge in [0.1, 0.15) is 0 Å². The summed E-state index contributed by atoms with van der Waals surface area (Å²) in [5, 5.41) is 7.78. The van der Waals surface area contributed by atoms with Gasteiger partial charge in [0, 0.05) is 47.0 Å². The first-order valence-electron chi connectivity index (χ1n) is 10.4. The van der Waals surface area contributed by atoms with E-state index in [-0.39, 0.29) is 6.03 Å². The minimum Gasteiger partial charge on any atom is -0.369 e. The van der Waals surface area contributed by atoms with E-state index in [4.69, 9.17) is 28.2 Å². The molecule has 0 spiro atoms. The van der Waals surface area contributed by atoms with Crippen LogP contribution in [0, 0.1) is 6.92 Å². The lowest BCUT2D eigenvalue weighted by atomic mass is 10.1. The van der Waals surface area contributed by atoms with Gasteiger partial charge in [0.25, 0.3) is 0 Å². The van der Waals surface area contributed by atoms with Crippen LogP contribution in [-0.2, 0) is 0 Å². The number of alkyl halides is 2. The van der Waals surface area contributed by atoms with E-state index in [1.54, 1.807) is 0 Å². The molecule has 0 atom stereocenters. The molecule has 4 rings (SSSR count). The van der Waals surface area contributed by atoms with Gasteiger partial charge in [-0.25, -0.2) is 9.78 Å². The lowest BCUT2D eigenvalue weighted by Crippen LogP contribution is -2.27. The maximum absolute atomic E-state index is 12.9. The van der Waals surface area contributed by atoms with Gasteiger partial charge in [-0.15, -0.1) is 23.2 Å². The summed E-state index contributed by atoms with van der Waals surface area (Å²) in [7, 11) is 0. The molecule has 0 saturated carbocycles. The Bertz CT molecular complexity index is 1240. The zero-order valence-corrected chi connectivity index (χ0v) is 19.2. The number of halogens is 2. The van der Waals surface area contributed by atoms with E-state index < -0.39 is 0 Å². The zero-order valence-electron chi connectivity index (χ0n) is 17.7. The van der Waals surface area contributed by atoms with E-state index in [2.05, 4.69) is 15.5 Å². The summed E-state index contributed by atoms with van der Waals surface area (Å²) in [4.78, 5) is 19.8. The number of carbonyl (C=O) groups excluding carboxylic acids is 1. The highest BCUT2D eigenvalue weighted by Gasteiger charge is 2.13. The average molecular weight is 467 g/mol. The number of pyridine rings is 1. The molecule has 0 fully saturated rings. The Morgan fingerprint density at radius 2 is 1.56 bits per heavy atom. The Hall–Kier alpha value is -3.02. The van der Waals surface area contributed by atoms with Crippen LogP contribution in [0.1, 0.15) is 5.56 Å². The highest BCUT2D eigenvalue weighted by atomic mass is 35.5. The number of benzene rings is 3. The van der Waals surface area contributed by atoms with Crippen molar-refractivity contribution in [2.45, 2.75) is 6.92 Å². The van der Waals surface area contributed by atoms with Crippen LogP contribution in [0.4, 0.5) is 21.9 Å². The topological polar surface area (TPSA) is 57.3 Å². The lowest BCUT2D eigenvalue weighted by Gasteiger charge is -2.23. The van der Waals surface area contributed by atoms with Crippen molar-refractivity contribution in [1.82, 2.24) is 4.98 Å². The third-order valence-electron chi connectivity index (χ3n) is 5.35. The molecule has 0 aliphatic heterocycles. The summed E-state index contributed by atoms with van der Waals surface area (Å²) in [5.41, 5.74) is 5.24. The molecule has 1 heterocycles. The van der Waals surface area contributed by atoms with Crippen LogP contribution in [0.15, 0.2) is 66.7 Å². The van der Waals surface area contributed by atoms with Crippen molar-refractivity contribution in [2.75, 3.05) is 40.4 Å². The maximum Gasteiger partial charge on any atom is 0.323 e. The van der Waals surface area contributed by atoms with Crippen LogP contribution in [0.25, 0.3) is 21.8 Å². The van der Waals surface area contributed by atoms with Crippen LogP contribution in [0.3, 0.4) is 0 Å². The van der Waals surface area contributed by atoms with E-state index in [0.717, 1.165) is 38.7 Å². The van der Waals surface area contributed by atoms with Crippen molar-refractivity contribution in [2.24, 2.45) is 0 Å². The second-order valence-corrected chi connectivity index (χ2v) is 8.22. The van der Waals surface area contributed by atoms with E-state index >= 15 is 0 Å². The van der Waals surface area contributed by atoms with Crippen molar-refractivity contribution in [3.63, 3.8) is 0 Å². The molecule has 7 heteroatoms. The molecule has 2 N–H and O–H groups in total. The van der Waals surface area contributed by atoms with E-state index in [1.165, 1.54) is 0 Å². The fraction of sp³-hybridized carbons (Fsp3) is 0.200. The average Bonchev–Trinajstić information content (AvgIpc) is 2.80. The zero-order chi connectivity index (χ0) is 22.5. The molecule has 0 bridgehead atoms. The lowest BCUT2D eigenvalue weighted by molar-refractivity contribution is 0.262. The molecule has 0 unspecified atom stereocenters. The Morgan fingerprint density at radius 1 is 0.875 bits per heavy atom. The first-order chi connectivity index (χ1) is 15.6. The van der Waals surface area contributed by atoms with Crippen molar-refractivity contribution < 1.29 is 4.79 Å². The van der Waals surface area contributed by atoms with Gasteiger partial charge in [-0.05, 0) is 42.8 Å². The maximum atomic E-state index is 12.9. The van der Waals surface area contributed by atoms with Crippen molar-refractivity contribution in [3.8, 4) is 0 Å². The van der Waals surface area contributed by atoms with E-state index in [9.17, 15) is 4.79 Å². The summed E-state index contributed by atoms with van der Waals surface area (Å²) in [6.45, 7) is 3.44. The molecule has 0 radical (unpaired) electrons. The number of para-hydroxylation sites is 2. The SMILES string of the molecule is Cc1cccc2c(NC(=O)Nc3ccc(N(CCCl)CCCl)cc3)c3ccccc3nc12. The van der Waals surface area contributed by atoms with E-state index in [1.807, 2.05) is 73.7 Å². The summed E-state index contributed by atoms with van der Waals surface area (Å²) in [6, 6.07) is 21.1. The van der Waals surface area contributed by atoms with Crippen LogP contribution < -0.4 is 15.5 Å². The number of carbonyl (C=O) groups is 1. The third kappa shape index (κ3) is 4.74. The van der Waals surface area contributed by atoms with Crippen LogP contribution in [0.5, 0.6) is 0 Å². The normalized spacial score (nSPS) is 11.0. The quantitative estimate of drug-likeness (QED) is 0.237. The fourth-order valence-corrected chi connectivity index (χ4v) is 4.21. The summed E-state index contributed by atoms with van der Waals surface area (Å²) in [5.74, 6) is 1.04. The molecular weight excluding hydrogens is 443 g/mol. The van der Waals surface area contributed by atoms with Gasteiger partial charge < -0.3 is 15.5 Å². The molecule has 2 amide bonds. The minimum atomic E-state index is -0.310. The highest BCUT2D eigenvalue weighted by Crippen LogP contribution is 2.32. The van der Waals surface area contributed by atoms with Gasteiger partial charge >= 0.3 is 6.03 Å². The first kappa shape index (κ1) is 22.2. The van der Waals surface area contributed by atoms with Gasteiger partial charge in [0.2, 0.25) is 0 Å². The second-order valence-electron chi connectivity index (χ2n) is 7.47. The van der Waals surface area contributed by atoms with Crippen LogP contribution in [0.2, 0.25) is 0 Å². The highest BCUT2D eigenvalue weighted by molar-refractivity contribution is 6.18. The van der Waals surface area contributed by atoms with Gasteiger partial charge in [-0.2, -0.15) is 0 Å². The Morgan fingerprint density at radius 3 is 2.28 bits per heavy atom. The number of rotatable bonds is 7. The molecule has 0 saturated heterocycles. The molecule has 0 aliphatic rings. The first-order valence-corrected chi connectivity index (χ1v) is 11.5. The van der Waals surface area contributed by atoms with Gasteiger partial charge in [0.15, 0.2) is 0 Å². The number of hydrogen-bond donors (Lipinski definition) is 2. The van der Waals surface area contributed by atoms with Crippen LogP contribution >= 0.6 is 23.2 Å². The molecule has 0 aliphatic carbocycles. The predicted octanol–water partition coefficient (Wildman–Crippen LogP) is 6.62. The second kappa shape index (κ2) is 10.1. The molecule has 3 aromatic carbocycles. The predicted molar refractivity (Wildman–Crippen MR) is 137 cm³/mol. The number of nitrogens with zero attached hydrogens (tertiary/aromatic N) is 2. The van der Waals surface area contributed by atoms with Gasteiger partial charge in [-0.1, -0.05) is 36.4 Å². The summed E-state index contributed by atoms with van der Waals surface area (Å²) < 4.78 is 0. The Labute approximate surface area is 197 Å². The Kier molecular flexibility index (Phi) is 6.98. The van der Waals surface area contributed by atoms with E-state index in [0.29, 0.717) is 30.5 Å². The summed E-state index contributed by atoms with van der Waals surface area (Å²) >= 11 is 11.8. The number of anilines is 3. The third-order valence-corrected chi connectivity index (χ3v) is 5.69. The van der Waals surface area contributed by atoms with Crippen molar-refractivity contribution in [1.29, 1.82) is 0 Å². The molecule has 5 nitrogen and oxygen atoms in total. The molecular formula is C25H24Cl2N4O. The molecule has 1 aromatic heterocycles. The largest absolute Gasteiger partial charge is 0.369 e. The van der Waals surface area contributed by atoms with Crippen LogP contribution in [-0.4, -0.2) is 35.9 Å². The standard InChI is InChI=1S/C25H24Cl2N4O/c1-17-5-4-7-21-23(17)29-22-8-3-2-6-20(22)24(21)30-25(32)28-18-9-11-19(12-10-18)31(15-13-26)16-14-27/h2-12H,13-16H2,1H3,(H2,28,29,30,32). The Balaban J connectivity index is 1.58. The molecule has 164 valence electrons. The number of hydrogen-bond acceptors (Lipinski definition) is 3. The minimum absolute atomic E-state index is 0.310. The monoisotopic (exact) mass is 466 g/mol. The molecule has 32 heavy (non-hydrogen) atoms. The van der Waals surface area contributed by atoms with Gasteiger partial charge in [-0.3, -0.25) is 0 Å². The number of aromatic nitrogens is 1.